The Bertz CT molecular complexity index is 424. The molecule has 0 aliphatic carbocycles. The highest BCUT2D eigenvalue weighted by Gasteiger charge is 2.11. The van der Waals surface area contributed by atoms with Gasteiger partial charge in [0, 0.05) is 0 Å². The first-order chi connectivity index (χ1) is 8.93. The Labute approximate surface area is 115 Å². The van der Waals surface area contributed by atoms with Gasteiger partial charge in [-0.25, -0.2) is 4.79 Å². The molecule has 3 heteroatoms. The van der Waals surface area contributed by atoms with Crippen LogP contribution in [0.1, 0.15) is 62.4 Å². The number of carbonyl (C=O) groups is 1. The minimum Gasteiger partial charge on any atom is -0.494 e. The van der Waals surface area contributed by atoms with Gasteiger partial charge in [-0.3, -0.25) is 0 Å². The van der Waals surface area contributed by atoms with Crippen LogP contribution in [0.4, 0.5) is 0 Å². The van der Waals surface area contributed by atoms with Crippen LogP contribution in [-0.2, 0) is 0 Å². The topological polar surface area (TPSA) is 46.5 Å². The summed E-state index contributed by atoms with van der Waals surface area (Å²) in [6, 6.07) is 5.31. The standard InChI is InChI=1S/C16H24O3/c1-5-12(4)13-8-14(16(17)18)10-15(9-13)19-7-6-11(2)3/h8-12H,5-7H2,1-4H3,(H,17,18). The minimum atomic E-state index is -0.904. The van der Waals surface area contributed by atoms with E-state index in [4.69, 9.17) is 9.84 Å². The van der Waals surface area contributed by atoms with Gasteiger partial charge in [0.15, 0.2) is 0 Å². The third kappa shape index (κ3) is 4.93. The van der Waals surface area contributed by atoms with Crippen LogP contribution in [0.2, 0.25) is 0 Å². The Hall–Kier alpha value is -1.51. The van der Waals surface area contributed by atoms with Gasteiger partial charge in [-0.05, 0) is 48.4 Å². The number of carboxylic acid groups (broad SMARTS) is 1. The zero-order chi connectivity index (χ0) is 14.4. The van der Waals surface area contributed by atoms with E-state index in [1.807, 2.05) is 6.07 Å². The number of rotatable bonds is 7. The lowest BCUT2D eigenvalue weighted by Crippen LogP contribution is -2.05. The summed E-state index contributed by atoms with van der Waals surface area (Å²) in [7, 11) is 0. The van der Waals surface area contributed by atoms with E-state index in [1.165, 1.54) is 0 Å². The molecule has 0 heterocycles. The largest absolute Gasteiger partial charge is 0.494 e. The molecule has 0 aliphatic rings. The fourth-order valence-electron chi connectivity index (χ4n) is 1.76. The predicted octanol–water partition coefficient (Wildman–Crippen LogP) is 4.32. The van der Waals surface area contributed by atoms with Crippen LogP contribution in [0.3, 0.4) is 0 Å². The third-order valence-corrected chi connectivity index (χ3v) is 3.32. The van der Waals surface area contributed by atoms with Crippen molar-refractivity contribution in [3.8, 4) is 5.75 Å². The van der Waals surface area contributed by atoms with Crippen LogP contribution in [0.25, 0.3) is 0 Å². The summed E-state index contributed by atoms with van der Waals surface area (Å²) >= 11 is 0. The summed E-state index contributed by atoms with van der Waals surface area (Å²) in [5.74, 6) is 0.679. The van der Waals surface area contributed by atoms with Gasteiger partial charge in [-0.15, -0.1) is 0 Å². The van der Waals surface area contributed by atoms with E-state index in [0.29, 0.717) is 29.8 Å². The molecule has 0 radical (unpaired) electrons. The van der Waals surface area contributed by atoms with E-state index >= 15 is 0 Å². The number of hydrogen-bond acceptors (Lipinski definition) is 2. The van der Waals surface area contributed by atoms with E-state index in [-0.39, 0.29) is 0 Å². The molecule has 0 aromatic heterocycles. The van der Waals surface area contributed by atoms with Crippen LogP contribution in [0.5, 0.6) is 5.75 Å². The molecule has 0 fully saturated rings. The maximum atomic E-state index is 11.1. The van der Waals surface area contributed by atoms with Crippen LogP contribution < -0.4 is 4.74 Å². The molecule has 0 saturated heterocycles. The molecule has 0 amide bonds. The van der Waals surface area contributed by atoms with Crippen molar-refractivity contribution in [1.29, 1.82) is 0 Å². The van der Waals surface area contributed by atoms with E-state index in [2.05, 4.69) is 27.7 Å². The van der Waals surface area contributed by atoms with E-state index in [1.54, 1.807) is 12.1 Å². The van der Waals surface area contributed by atoms with Crippen molar-refractivity contribution >= 4 is 5.97 Å². The van der Waals surface area contributed by atoms with Crippen molar-refractivity contribution in [3.63, 3.8) is 0 Å². The van der Waals surface area contributed by atoms with Gasteiger partial charge in [0.25, 0.3) is 0 Å². The number of benzene rings is 1. The highest BCUT2D eigenvalue weighted by atomic mass is 16.5. The Kier molecular flexibility index (Phi) is 5.87. The van der Waals surface area contributed by atoms with Crippen LogP contribution >= 0.6 is 0 Å². The van der Waals surface area contributed by atoms with Gasteiger partial charge < -0.3 is 9.84 Å². The SMILES string of the molecule is CCC(C)c1cc(OCCC(C)C)cc(C(=O)O)c1. The highest BCUT2D eigenvalue weighted by molar-refractivity contribution is 5.88. The van der Waals surface area contributed by atoms with Crippen molar-refractivity contribution in [2.45, 2.75) is 46.5 Å². The molecule has 0 aliphatic heterocycles. The van der Waals surface area contributed by atoms with Gasteiger partial charge in [-0.1, -0.05) is 27.7 Å². The Morgan fingerprint density at radius 1 is 1.26 bits per heavy atom. The molecular formula is C16H24O3. The average Bonchev–Trinajstić information content (AvgIpc) is 2.37. The normalized spacial score (nSPS) is 12.5. The summed E-state index contributed by atoms with van der Waals surface area (Å²) in [5, 5.41) is 9.15. The maximum absolute atomic E-state index is 11.1. The Morgan fingerprint density at radius 3 is 2.47 bits per heavy atom. The summed E-state index contributed by atoms with van der Waals surface area (Å²) in [6.07, 6.45) is 1.95. The molecule has 1 rings (SSSR count). The lowest BCUT2D eigenvalue weighted by Gasteiger charge is -2.14. The molecular weight excluding hydrogens is 240 g/mol. The predicted molar refractivity (Wildman–Crippen MR) is 77.1 cm³/mol. The van der Waals surface area contributed by atoms with Gasteiger partial charge in [0.2, 0.25) is 0 Å². The smallest absolute Gasteiger partial charge is 0.335 e. The molecule has 1 N–H and O–H groups in total. The molecule has 0 bridgehead atoms. The van der Waals surface area contributed by atoms with E-state index < -0.39 is 5.97 Å². The maximum Gasteiger partial charge on any atom is 0.335 e. The quantitative estimate of drug-likeness (QED) is 0.797. The molecule has 1 unspecified atom stereocenters. The summed E-state index contributed by atoms with van der Waals surface area (Å²) in [6.45, 7) is 9.10. The van der Waals surface area contributed by atoms with Crippen LogP contribution in [0.15, 0.2) is 18.2 Å². The van der Waals surface area contributed by atoms with Crippen molar-refractivity contribution in [2.75, 3.05) is 6.61 Å². The van der Waals surface area contributed by atoms with E-state index in [0.717, 1.165) is 18.4 Å². The first kappa shape index (κ1) is 15.5. The fraction of sp³-hybridized carbons (Fsp3) is 0.562. The number of ether oxygens (including phenoxy) is 1. The average molecular weight is 264 g/mol. The number of carboxylic acids is 1. The fourth-order valence-corrected chi connectivity index (χ4v) is 1.76. The molecule has 3 nitrogen and oxygen atoms in total. The molecule has 0 spiro atoms. The lowest BCUT2D eigenvalue weighted by molar-refractivity contribution is 0.0696. The van der Waals surface area contributed by atoms with Gasteiger partial charge in [0.05, 0.1) is 12.2 Å². The summed E-state index contributed by atoms with van der Waals surface area (Å²) in [4.78, 5) is 11.1. The second-order valence-electron chi connectivity index (χ2n) is 5.44. The first-order valence-corrected chi connectivity index (χ1v) is 6.95. The van der Waals surface area contributed by atoms with Gasteiger partial charge >= 0.3 is 5.97 Å². The molecule has 1 aromatic rings. The second kappa shape index (κ2) is 7.17. The monoisotopic (exact) mass is 264 g/mol. The minimum absolute atomic E-state index is 0.303. The highest BCUT2D eigenvalue weighted by Crippen LogP contribution is 2.25. The van der Waals surface area contributed by atoms with E-state index in [9.17, 15) is 4.79 Å². The number of hydrogen-bond donors (Lipinski definition) is 1. The first-order valence-electron chi connectivity index (χ1n) is 6.95. The van der Waals surface area contributed by atoms with Gasteiger partial charge in [0.1, 0.15) is 5.75 Å². The molecule has 1 atom stereocenters. The van der Waals surface area contributed by atoms with Gasteiger partial charge in [-0.2, -0.15) is 0 Å². The molecule has 106 valence electrons. The van der Waals surface area contributed by atoms with Crippen molar-refractivity contribution in [1.82, 2.24) is 0 Å². The second-order valence-corrected chi connectivity index (χ2v) is 5.44. The Morgan fingerprint density at radius 2 is 1.95 bits per heavy atom. The number of aromatic carboxylic acids is 1. The van der Waals surface area contributed by atoms with Crippen LogP contribution in [-0.4, -0.2) is 17.7 Å². The van der Waals surface area contributed by atoms with Crippen molar-refractivity contribution in [3.05, 3.63) is 29.3 Å². The third-order valence-electron chi connectivity index (χ3n) is 3.32. The summed E-state index contributed by atoms with van der Waals surface area (Å²) in [5.41, 5.74) is 1.33. The molecule has 19 heavy (non-hydrogen) atoms. The summed E-state index contributed by atoms with van der Waals surface area (Å²) < 4.78 is 5.68. The zero-order valence-corrected chi connectivity index (χ0v) is 12.3. The molecule has 0 saturated carbocycles. The molecule has 1 aromatic carbocycles. The Balaban J connectivity index is 2.90. The zero-order valence-electron chi connectivity index (χ0n) is 12.3. The van der Waals surface area contributed by atoms with Crippen molar-refractivity contribution < 1.29 is 14.6 Å². The van der Waals surface area contributed by atoms with Crippen LogP contribution in [0, 0.1) is 5.92 Å². The lowest BCUT2D eigenvalue weighted by atomic mass is 9.96. The van der Waals surface area contributed by atoms with Crippen molar-refractivity contribution in [2.24, 2.45) is 5.92 Å².